The molecule has 21 heavy (non-hydrogen) atoms. The van der Waals surface area contributed by atoms with E-state index in [1.165, 1.54) is 0 Å². The smallest absolute Gasteiger partial charge is 0.445 e. The average Bonchev–Trinajstić information content (AvgIpc) is 2.09. The third-order valence-corrected chi connectivity index (χ3v) is 3.30. The molecule has 0 spiro atoms. The van der Waals surface area contributed by atoms with E-state index >= 15 is 0 Å². The Bertz CT molecular complexity index is 669. The van der Waals surface area contributed by atoms with Crippen LogP contribution in [0.3, 0.4) is 0 Å². The zero-order valence-electron chi connectivity index (χ0n) is 10.3. The van der Waals surface area contributed by atoms with Crippen LogP contribution in [0.25, 0.3) is 0 Å². The van der Waals surface area contributed by atoms with Gasteiger partial charge in [-0.1, -0.05) is 9.95 Å². The van der Waals surface area contributed by atoms with Crippen LogP contribution in [0.4, 0.5) is 16.8 Å². The van der Waals surface area contributed by atoms with E-state index in [2.05, 4.69) is 4.18 Å². The summed E-state index contributed by atoms with van der Waals surface area (Å²) in [5.41, 5.74) is -1.84. The first kappa shape index (κ1) is 21.6. The maximum atomic E-state index is 12.6. The first-order valence-electron chi connectivity index (χ1n) is 4.66. The Balaban J connectivity index is 0.00000400. The van der Waals surface area contributed by atoms with Gasteiger partial charge in [-0.05, 0) is 17.7 Å². The van der Waals surface area contributed by atoms with Crippen LogP contribution in [-0.2, 0) is 25.3 Å². The molecule has 14 heteroatoms. The Morgan fingerprint density at radius 3 is 2.00 bits per heavy atom. The van der Waals surface area contributed by atoms with Crippen LogP contribution in [0, 0.1) is 0 Å². The summed E-state index contributed by atoms with van der Waals surface area (Å²) >= 11 is 0. The maximum absolute atomic E-state index is 12.6. The van der Waals surface area contributed by atoms with Crippen LogP contribution in [0.2, 0.25) is 0 Å². The number of hydrogen-bond donors (Lipinski definition) is 0. The van der Waals surface area contributed by atoms with E-state index in [1.807, 2.05) is 0 Å². The van der Waals surface area contributed by atoms with Crippen molar-refractivity contribution in [2.75, 3.05) is 0 Å². The summed E-state index contributed by atoms with van der Waals surface area (Å²) in [6.45, 7) is -5.57. The van der Waals surface area contributed by atoms with E-state index in [9.17, 15) is 33.7 Å². The van der Waals surface area contributed by atoms with Crippen molar-refractivity contribution in [1.82, 2.24) is 0 Å². The summed E-state index contributed by atoms with van der Waals surface area (Å²) in [7, 11) is -4.85. The molecule has 0 bridgehead atoms. The van der Waals surface area contributed by atoms with E-state index < -0.39 is 49.1 Å². The second-order valence-corrected chi connectivity index (χ2v) is 7.37. The van der Waals surface area contributed by atoms with Crippen molar-refractivity contribution in [3.05, 3.63) is 23.8 Å². The molecular formula is C7H5BClF4KO5S2. The molecule has 0 fully saturated rings. The zero-order chi connectivity index (χ0) is 15.8. The van der Waals surface area contributed by atoms with Crippen molar-refractivity contribution in [2.24, 2.45) is 0 Å². The molecule has 0 heterocycles. The third-order valence-electron chi connectivity index (χ3n) is 1.90. The minimum Gasteiger partial charge on any atom is -0.445 e. The molecule has 0 atom stereocenters. The molecule has 1 aromatic rings. The molecule has 1 rings (SSSR count). The standard InChI is InChI=1S/C7H5BClF4O5S2.K/c9-19(14,15)4-5-1-6(8(10,11)12)3-7(2-5)18-20(13,16)17;/h1-3H,4H2;/q-1;+1. The average molecular weight is 395 g/mol. The fourth-order valence-corrected chi connectivity index (χ4v) is 2.59. The molecule has 114 valence electrons. The Morgan fingerprint density at radius 2 is 1.62 bits per heavy atom. The van der Waals surface area contributed by atoms with Crippen molar-refractivity contribution in [2.45, 2.75) is 5.75 Å². The van der Waals surface area contributed by atoms with Gasteiger partial charge in [-0.15, -0.1) is 5.46 Å². The molecular weight excluding hydrogens is 390 g/mol. The SMILES string of the molecule is O=S(=O)(Cl)Cc1cc(OS(=O)(=O)F)cc([B-](F)(F)F)c1.[K+]. The molecule has 0 amide bonds. The summed E-state index contributed by atoms with van der Waals surface area (Å²) in [5, 5.41) is 0. The molecule has 1 aromatic carbocycles. The third kappa shape index (κ3) is 8.74. The molecule has 0 unspecified atom stereocenters. The molecule has 0 N–H and O–H groups in total. The van der Waals surface area contributed by atoms with Gasteiger partial charge in [0.15, 0.2) is 0 Å². The predicted molar refractivity (Wildman–Crippen MR) is 64.3 cm³/mol. The van der Waals surface area contributed by atoms with Gasteiger partial charge in [0.2, 0.25) is 9.05 Å². The van der Waals surface area contributed by atoms with Gasteiger partial charge in [0.1, 0.15) is 5.75 Å². The molecule has 0 aliphatic heterocycles. The minimum atomic E-state index is -5.57. The molecule has 0 saturated heterocycles. The molecule has 0 aliphatic carbocycles. The Kier molecular flexibility index (Phi) is 7.69. The summed E-state index contributed by atoms with van der Waals surface area (Å²) in [6.07, 6.45) is 0. The molecule has 0 aliphatic rings. The second-order valence-electron chi connectivity index (χ2n) is 3.64. The van der Waals surface area contributed by atoms with Gasteiger partial charge < -0.3 is 17.1 Å². The van der Waals surface area contributed by atoms with Crippen molar-refractivity contribution >= 4 is 42.7 Å². The van der Waals surface area contributed by atoms with Gasteiger partial charge in [-0.3, -0.25) is 0 Å². The fraction of sp³-hybridized carbons (Fsp3) is 0.143. The van der Waals surface area contributed by atoms with E-state index in [0.29, 0.717) is 12.1 Å². The molecule has 0 radical (unpaired) electrons. The van der Waals surface area contributed by atoms with Crippen LogP contribution >= 0.6 is 10.7 Å². The quantitative estimate of drug-likeness (QED) is 0.342. The zero-order valence-corrected chi connectivity index (χ0v) is 15.8. The van der Waals surface area contributed by atoms with E-state index in [0.717, 1.165) is 0 Å². The monoisotopic (exact) mass is 394 g/mol. The number of halogens is 5. The summed E-state index contributed by atoms with van der Waals surface area (Å²) < 4.78 is 95.9. The molecule has 0 aromatic heterocycles. The van der Waals surface area contributed by atoms with Crippen LogP contribution in [0.15, 0.2) is 18.2 Å². The second kappa shape index (κ2) is 7.47. The van der Waals surface area contributed by atoms with Gasteiger partial charge >= 0.3 is 68.9 Å². The van der Waals surface area contributed by atoms with E-state index in [4.69, 9.17) is 10.7 Å². The van der Waals surface area contributed by atoms with Crippen molar-refractivity contribution in [3.8, 4) is 5.75 Å². The van der Waals surface area contributed by atoms with Gasteiger partial charge in [-0.2, -0.15) is 8.42 Å². The molecule has 0 saturated carbocycles. The van der Waals surface area contributed by atoms with Gasteiger partial charge in [0.05, 0.1) is 5.75 Å². The van der Waals surface area contributed by atoms with Crippen LogP contribution < -0.4 is 61.0 Å². The van der Waals surface area contributed by atoms with Crippen LogP contribution in [-0.4, -0.2) is 23.8 Å². The summed E-state index contributed by atoms with van der Waals surface area (Å²) in [4.78, 5) is 0. The minimum absolute atomic E-state index is 0. The molecule has 5 nitrogen and oxygen atoms in total. The Hall–Kier alpha value is 0.631. The first-order chi connectivity index (χ1) is 8.76. The number of benzene rings is 1. The normalized spacial score (nSPS) is 12.6. The van der Waals surface area contributed by atoms with E-state index in [-0.39, 0.29) is 57.5 Å². The van der Waals surface area contributed by atoms with Crippen LogP contribution in [0.1, 0.15) is 5.56 Å². The summed E-state index contributed by atoms with van der Waals surface area (Å²) in [5.74, 6) is -2.00. The summed E-state index contributed by atoms with van der Waals surface area (Å²) in [6, 6.07) is 1.32. The van der Waals surface area contributed by atoms with Gasteiger partial charge in [0, 0.05) is 10.7 Å². The predicted octanol–water partition coefficient (Wildman–Crippen LogP) is -1.59. The number of hydrogen-bond acceptors (Lipinski definition) is 5. The van der Waals surface area contributed by atoms with Crippen LogP contribution in [0.5, 0.6) is 5.75 Å². The first-order valence-corrected chi connectivity index (χ1v) is 8.45. The van der Waals surface area contributed by atoms with Gasteiger partial charge in [-0.25, -0.2) is 8.42 Å². The Morgan fingerprint density at radius 1 is 1.10 bits per heavy atom. The van der Waals surface area contributed by atoms with Gasteiger partial charge in [0.25, 0.3) is 0 Å². The van der Waals surface area contributed by atoms with Crippen molar-refractivity contribution in [3.63, 3.8) is 0 Å². The largest absolute Gasteiger partial charge is 1.00 e. The topological polar surface area (TPSA) is 77.5 Å². The van der Waals surface area contributed by atoms with Crippen molar-refractivity contribution in [1.29, 1.82) is 0 Å². The Labute approximate surface area is 165 Å². The van der Waals surface area contributed by atoms with E-state index in [1.54, 1.807) is 0 Å². The van der Waals surface area contributed by atoms with Crippen molar-refractivity contribution < 1.29 is 89.2 Å². The maximum Gasteiger partial charge on any atom is 1.00 e. The fourth-order valence-electron chi connectivity index (χ4n) is 1.32. The number of rotatable bonds is 5.